The summed E-state index contributed by atoms with van der Waals surface area (Å²) >= 11 is 0. The van der Waals surface area contributed by atoms with Gasteiger partial charge in [0.25, 0.3) is 0 Å². The first-order chi connectivity index (χ1) is 11.4. The molecule has 1 aromatic heterocycles. The largest absolute Gasteiger partial charge is 0.416 e. The quantitative estimate of drug-likeness (QED) is 0.862. The third-order valence-electron chi connectivity index (χ3n) is 4.20. The van der Waals surface area contributed by atoms with Crippen LogP contribution in [-0.4, -0.2) is 41.0 Å². The molecule has 1 fully saturated rings. The second kappa shape index (κ2) is 6.76. The standard InChI is InChI=1S/C17H19F3N4/c1-13-10-16(22-12-21-13)24-8-6-23(7-9-24)11-14-4-2-3-5-15(14)17(18,19)20/h2-5,10,12H,6-9,11H2,1H3. The highest BCUT2D eigenvalue weighted by Crippen LogP contribution is 2.32. The number of anilines is 1. The molecule has 7 heteroatoms. The number of hydrogen-bond donors (Lipinski definition) is 0. The summed E-state index contributed by atoms with van der Waals surface area (Å²) in [5, 5.41) is 0. The molecule has 4 nitrogen and oxygen atoms in total. The van der Waals surface area contributed by atoms with Crippen LogP contribution in [0.2, 0.25) is 0 Å². The van der Waals surface area contributed by atoms with Gasteiger partial charge in [0.15, 0.2) is 0 Å². The summed E-state index contributed by atoms with van der Waals surface area (Å²) in [6.45, 7) is 5.11. The number of rotatable bonds is 3. The minimum absolute atomic E-state index is 0.312. The van der Waals surface area contributed by atoms with Crippen molar-refractivity contribution in [2.45, 2.75) is 19.6 Å². The van der Waals surface area contributed by atoms with Crippen LogP contribution in [0.5, 0.6) is 0 Å². The van der Waals surface area contributed by atoms with Gasteiger partial charge >= 0.3 is 6.18 Å². The molecular weight excluding hydrogens is 317 g/mol. The van der Waals surface area contributed by atoms with Crippen LogP contribution in [0.4, 0.5) is 19.0 Å². The van der Waals surface area contributed by atoms with Gasteiger partial charge in [-0.1, -0.05) is 18.2 Å². The topological polar surface area (TPSA) is 32.3 Å². The fraction of sp³-hybridized carbons (Fsp3) is 0.412. The molecule has 128 valence electrons. The summed E-state index contributed by atoms with van der Waals surface area (Å²) in [6, 6.07) is 7.72. The normalized spacial score (nSPS) is 16.4. The molecule has 0 N–H and O–H groups in total. The van der Waals surface area contributed by atoms with Crippen LogP contribution in [-0.2, 0) is 12.7 Å². The van der Waals surface area contributed by atoms with E-state index < -0.39 is 11.7 Å². The average molecular weight is 336 g/mol. The highest BCUT2D eigenvalue weighted by Gasteiger charge is 2.33. The lowest BCUT2D eigenvalue weighted by atomic mass is 10.1. The van der Waals surface area contributed by atoms with Crippen LogP contribution in [0.15, 0.2) is 36.7 Å². The average Bonchev–Trinajstić information content (AvgIpc) is 2.55. The van der Waals surface area contributed by atoms with Crippen LogP contribution < -0.4 is 4.90 Å². The third-order valence-corrected chi connectivity index (χ3v) is 4.20. The maximum atomic E-state index is 13.1. The molecule has 1 aromatic carbocycles. The van der Waals surface area contributed by atoms with Gasteiger partial charge in [0.05, 0.1) is 5.56 Å². The lowest BCUT2D eigenvalue weighted by Gasteiger charge is -2.35. The van der Waals surface area contributed by atoms with Crippen LogP contribution >= 0.6 is 0 Å². The summed E-state index contributed by atoms with van der Waals surface area (Å²) in [5.74, 6) is 0.873. The zero-order valence-electron chi connectivity index (χ0n) is 13.4. The first-order valence-corrected chi connectivity index (χ1v) is 7.84. The van der Waals surface area contributed by atoms with E-state index in [1.165, 1.54) is 12.4 Å². The van der Waals surface area contributed by atoms with Crippen molar-refractivity contribution in [3.63, 3.8) is 0 Å². The van der Waals surface area contributed by atoms with E-state index in [0.717, 1.165) is 30.7 Å². The van der Waals surface area contributed by atoms with Crippen LogP contribution in [0.25, 0.3) is 0 Å². The molecule has 0 amide bonds. The highest BCUT2D eigenvalue weighted by atomic mass is 19.4. The van der Waals surface area contributed by atoms with Gasteiger partial charge in [0.1, 0.15) is 12.1 Å². The van der Waals surface area contributed by atoms with Crippen molar-refractivity contribution >= 4 is 5.82 Å². The van der Waals surface area contributed by atoms with Gasteiger partial charge in [-0.15, -0.1) is 0 Å². The molecule has 0 aliphatic carbocycles. The molecule has 24 heavy (non-hydrogen) atoms. The molecule has 2 heterocycles. The molecule has 1 saturated heterocycles. The van der Waals surface area contributed by atoms with Gasteiger partial charge in [0, 0.05) is 44.5 Å². The first kappa shape index (κ1) is 16.7. The fourth-order valence-electron chi connectivity index (χ4n) is 2.92. The second-order valence-corrected chi connectivity index (χ2v) is 5.94. The van der Waals surface area contributed by atoms with Crippen molar-refractivity contribution < 1.29 is 13.2 Å². The van der Waals surface area contributed by atoms with Crippen molar-refractivity contribution in [3.05, 3.63) is 53.5 Å². The Morgan fingerprint density at radius 2 is 1.75 bits per heavy atom. The summed E-state index contributed by atoms with van der Waals surface area (Å²) < 4.78 is 39.2. The Balaban J connectivity index is 1.64. The number of aryl methyl sites for hydroxylation is 1. The molecule has 1 aliphatic rings. The van der Waals surface area contributed by atoms with E-state index in [1.807, 2.05) is 13.0 Å². The Morgan fingerprint density at radius 1 is 1.04 bits per heavy atom. The lowest BCUT2D eigenvalue weighted by molar-refractivity contribution is -0.138. The minimum atomic E-state index is -4.31. The van der Waals surface area contributed by atoms with Gasteiger partial charge in [0.2, 0.25) is 0 Å². The second-order valence-electron chi connectivity index (χ2n) is 5.94. The molecule has 0 radical (unpaired) electrons. The molecule has 0 unspecified atom stereocenters. The number of alkyl halides is 3. The summed E-state index contributed by atoms with van der Waals surface area (Å²) in [7, 11) is 0. The maximum Gasteiger partial charge on any atom is 0.416 e. The van der Waals surface area contributed by atoms with Crippen LogP contribution in [0.1, 0.15) is 16.8 Å². The van der Waals surface area contributed by atoms with E-state index >= 15 is 0 Å². The smallest absolute Gasteiger partial charge is 0.354 e. The van der Waals surface area contributed by atoms with E-state index in [1.54, 1.807) is 12.1 Å². The van der Waals surface area contributed by atoms with Crippen molar-refractivity contribution in [2.24, 2.45) is 0 Å². The molecule has 0 atom stereocenters. The number of hydrogen-bond acceptors (Lipinski definition) is 4. The predicted octanol–water partition coefficient (Wildman–Crippen LogP) is 3.13. The highest BCUT2D eigenvalue weighted by molar-refractivity contribution is 5.39. The molecular formula is C17H19F3N4. The molecule has 3 rings (SSSR count). The Kier molecular flexibility index (Phi) is 4.71. The summed E-state index contributed by atoms with van der Waals surface area (Å²) in [6.07, 6.45) is -2.77. The fourth-order valence-corrected chi connectivity index (χ4v) is 2.92. The number of benzene rings is 1. The Bertz CT molecular complexity index is 694. The Labute approximate surface area is 138 Å². The SMILES string of the molecule is Cc1cc(N2CCN(Cc3ccccc3C(F)(F)F)CC2)ncn1. The monoisotopic (exact) mass is 336 g/mol. The molecule has 0 saturated carbocycles. The first-order valence-electron chi connectivity index (χ1n) is 7.84. The molecule has 0 spiro atoms. The van der Waals surface area contributed by atoms with E-state index in [0.29, 0.717) is 25.2 Å². The zero-order chi connectivity index (χ0) is 17.2. The van der Waals surface area contributed by atoms with E-state index in [-0.39, 0.29) is 0 Å². The number of aromatic nitrogens is 2. The number of nitrogens with zero attached hydrogens (tertiary/aromatic N) is 4. The van der Waals surface area contributed by atoms with Crippen molar-refractivity contribution in [2.75, 3.05) is 31.1 Å². The van der Waals surface area contributed by atoms with Gasteiger partial charge in [-0.2, -0.15) is 13.2 Å². The number of halogens is 3. The molecule has 2 aromatic rings. The number of piperazine rings is 1. The van der Waals surface area contributed by atoms with Gasteiger partial charge in [-0.25, -0.2) is 9.97 Å². The van der Waals surface area contributed by atoms with Gasteiger partial charge < -0.3 is 4.90 Å². The van der Waals surface area contributed by atoms with Gasteiger partial charge in [-0.3, -0.25) is 4.90 Å². The predicted molar refractivity (Wildman–Crippen MR) is 85.7 cm³/mol. The molecule has 0 bridgehead atoms. The third kappa shape index (κ3) is 3.84. The van der Waals surface area contributed by atoms with Crippen molar-refractivity contribution in [3.8, 4) is 0 Å². The van der Waals surface area contributed by atoms with Crippen molar-refractivity contribution in [1.82, 2.24) is 14.9 Å². The van der Waals surface area contributed by atoms with Gasteiger partial charge in [-0.05, 0) is 18.6 Å². The van der Waals surface area contributed by atoms with Crippen LogP contribution in [0, 0.1) is 6.92 Å². The summed E-state index contributed by atoms with van der Waals surface area (Å²) in [4.78, 5) is 12.5. The van der Waals surface area contributed by atoms with E-state index in [4.69, 9.17) is 0 Å². The van der Waals surface area contributed by atoms with Crippen LogP contribution in [0.3, 0.4) is 0 Å². The maximum absolute atomic E-state index is 13.1. The van der Waals surface area contributed by atoms with E-state index in [2.05, 4.69) is 19.8 Å². The molecule has 1 aliphatic heterocycles. The lowest BCUT2D eigenvalue weighted by Crippen LogP contribution is -2.46. The zero-order valence-corrected chi connectivity index (χ0v) is 13.4. The summed E-state index contributed by atoms with van der Waals surface area (Å²) in [5.41, 5.74) is 0.691. The van der Waals surface area contributed by atoms with E-state index in [9.17, 15) is 13.2 Å². The van der Waals surface area contributed by atoms with Crippen molar-refractivity contribution in [1.29, 1.82) is 0 Å². The Morgan fingerprint density at radius 3 is 2.42 bits per heavy atom. The Hall–Kier alpha value is -2.15. The minimum Gasteiger partial charge on any atom is -0.354 e.